The number of hydrogen-bond donors (Lipinski definition) is 0. The fourth-order valence-electron chi connectivity index (χ4n) is 3.86. The SMILES string of the molecule is CCCOc1[c]ccc(N2CCC(c3noc4cc(F)ccc34)CC2)c1C. The van der Waals surface area contributed by atoms with Gasteiger partial charge in [0.05, 0.1) is 12.3 Å². The summed E-state index contributed by atoms with van der Waals surface area (Å²) in [6, 6.07) is 11.9. The van der Waals surface area contributed by atoms with Crippen LogP contribution in [0.1, 0.15) is 43.4 Å². The zero-order chi connectivity index (χ0) is 18.8. The Morgan fingerprint density at radius 3 is 2.89 bits per heavy atom. The zero-order valence-corrected chi connectivity index (χ0v) is 15.8. The van der Waals surface area contributed by atoms with Crippen LogP contribution in [-0.4, -0.2) is 24.9 Å². The number of aromatic nitrogens is 1. The number of benzene rings is 2. The summed E-state index contributed by atoms with van der Waals surface area (Å²) < 4.78 is 24.5. The third kappa shape index (κ3) is 3.51. The molecule has 0 saturated carbocycles. The molecule has 1 radical (unpaired) electrons. The summed E-state index contributed by atoms with van der Waals surface area (Å²) in [6.07, 6.45) is 2.96. The second-order valence-corrected chi connectivity index (χ2v) is 7.14. The van der Waals surface area contributed by atoms with E-state index < -0.39 is 0 Å². The van der Waals surface area contributed by atoms with E-state index in [1.54, 1.807) is 6.07 Å². The number of halogens is 1. The van der Waals surface area contributed by atoms with Crippen molar-refractivity contribution in [1.29, 1.82) is 0 Å². The largest absolute Gasteiger partial charge is 0.493 e. The number of fused-ring (bicyclic) bond motifs is 1. The summed E-state index contributed by atoms with van der Waals surface area (Å²) in [4.78, 5) is 2.40. The van der Waals surface area contributed by atoms with E-state index in [2.05, 4.69) is 36.0 Å². The van der Waals surface area contributed by atoms with Gasteiger partial charge in [-0.15, -0.1) is 0 Å². The lowest BCUT2D eigenvalue weighted by Crippen LogP contribution is -2.33. The molecule has 0 aliphatic carbocycles. The average Bonchev–Trinajstić information content (AvgIpc) is 3.10. The van der Waals surface area contributed by atoms with E-state index in [9.17, 15) is 4.39 Å². The van der Waals surface area contributed by atoms with Crippen molar-refractivity contribution >= 4 is 16.7 Å². The fraction of sp³-hybridized carbons (Fsp3) is 0.409. The molecule has 0 N–H and O–H groups in total. The molecule has 0 spiro atoms. The summed E-state index contributed by atoms with van der Waals surface area (Å²) in [7, 11) is 0. The van der Waals surface area contributed by atoms with Gasteiger partial charge in [-0.1, -0.05) is 12.1 Å². The Balaban J connectivity index is 1.49. The highest BCUT2D eigenvalue weighted by molar-refractivity contribution is 5.80. The Hall–Kier alpha value is -2.56. The van der Waals surface area contributed by atoms with Crippen LogP contribution in [0, 0.1) is 18.8 Å². The molecule has 2 aromatic carbocycles. The van der Waals surface area contributed by atoms with Crippen molar-refractivity contribution in [3.8, 4) is 5.75 Å². The summed E-state index contributed by atoms with van der Waals surface area (Å²) in [6.45, 7) is 6.80. The molecule has 5 heteroatoms. The molecule has 0 bridgehead atoms. The van der Waals surface area contributed by atoms with Gasteiger partial charge < -0.3 is 14.2 Å². The minimum Gasteiger partial charge on any atom is -0.493 e. The number of hydrogen-bond acceptors (Lipinski definition) is 4. The molecule has 3 aromatic rings. The number of piperidine rings is 1. The third-order valence-corrected chi connectivity index (χ3v) is 5.32. The highest BCUT2D eigenvalue weighted by Gasteiger charge is 2.26. The molecule has 0 unspecified atom stereocenters. The van der Waals surface area contributed by atoms with Crippen molar-refractivity contribution in [1.82, 2.24) is 5.16 Å². The quantitative estimate of drug-likeness (QED) is 0.617. The molecule has 4 rings (SSSR count). The van der Waals surface area contributed by atoms with E-state index in [1.165, 1.54) is 17.8 Å². The van der Waals surface area contributed by atoms with E-state index in [4.69, 9.17) is 9.26 Å². The predicted molar refractivity (Wildman–Crippen MR) is 104 cm³/mol. The van der Waals surface area contributed by atoms with Crippen LogP contribution in [-0.2, 0) is 0 Å². The van der Waals surface area contributed by atoms with Crippen LogP contribution in [0.25, 0.3) is 11.0 Å². The van der Waals surface area contributed by atoms with Crippen LogP contribution in [0.3, 0.4) is 0 Å². The Morgan fingerprint density at radius 1 is 1.30 bits per heavy atom. The van der Waals surface area contributed by atoms with Gasteiger partial charge in [0.2, 0.25) is 0 Å². The number of rotatable bonds is 5. The van der Waals surface area contributed by atoms with Crippen molar-refractivity contribution in [2.45, 2.75) is 39.0 Å². The van der Waals surface area contributed by atoms with E-state index in [0.29, 0.717) is 18.1 Å². The molecule has 1 fully saturated rings. The molecule has 27 heavy (non-hydrogen) atoms. The minimum absolute atomic E-state index is 0.294. The van der Waals surface area contributed by atoms with E-state index in [1.807, 2.05) is 6.07 Å². The summed E-state index contributed by atoms with van der Waals surface area (Å²) in [5, 5.41) is 5.16. The lowest BCUT2D eigenvalue weighted by molar-refractivity contribution is 0.314. The summed E-state index contributed by atoms with van der Waals surface area (Å²) in [5.74, 6) is 0.887. The van der Waals surface area contributed by atoms with Crippen molar-refractivity contribution in [2.24, 2.45) is 0 Å². The Morgan fingerprint density at radius 2 is 2.11 bits per heavy atom. The predicted octanol–water partition coefficient (Wildman–Crippen LogP) is 5.25. The monoisotopic (exact) mass is 367 g/mol. The Bertz CT molecular complexity index is 929. The van der Waals surface area contributed by atoms with Crippen LogP contribution in [0.15, 0.2) is 34.9 Å². The van der Waals surface area contributed by atoms with Gasteiger partial charge >= 0.3 is 0 Å². The van der Waals surface area contributed by atoms with Crippen LogP contribution < -0.4 is 9.64 Å². The fourth-order valence-corrected chi connectivity index (χ4v) is 3.86. The molecule has 2 heterocycles. The molecule has 0 amide bonds. The molecule has 0 atom stereocenters. The molecule has 1 saturated heterocycles. The van der Waals surface area contributed by atoms with Gasteiger partial charge in [0.15, 0.2) is 5.58 Å². The van der Waals surface area contributed by atoms with Gasteiger partial charge in [-0.3, -0.25) is 0 Å². The normalized spacial score (nSPS) is 15.4. The van der Waals surface area contributed by atoms with Gasteiger partial charge in [0.1, 0.15) is 11.6 Å². The first-order valence-electron chi connectivity index (χ1n) is 9.61. The van der Waals surface area contributed by atoms with Crippen LogP contribution in [0.5, 0.6) is 5.75 Å². The molecule has 1 aliphatic rings. The van der Waals surface area contributed by atoms with E-state index in [-0.39, 0.29) is 5.82 Å². The minimum atomic E-state index is -0.294. The van der Waals surface area contributed by atoms with Crippen molar-refractivity contribution < 1.29 is 13.7 Å². The van der Waals surface area contributed by atoms with Gasteiger partial charge in [-0.25, -0.2) is 4.39 Å². The number of nitrogens with zero attached hydrogens (tertiary/aromatic N) is 2. The van der Waals surface area contributed by atoms with Crippen LogP contribution >= 0.6 is 0 Å². The zero-order valence-electron chi connectivity index (χ0n) is 15.8. The highest BCUT2D eigenvalue weighted by Crippen LogP contribution is 2.36. The van der Waals surface area contributed by atoms with Crippen molar-refractivity contribution in [3.63, 3.8) is 0 Å². The van der Waals surface area contributed by atoms with Crippen molar-refractivity contribution in [3.05, 3.63) is 53.5 Å². The first-order valence-corrected chi connectivity index (χ1v) is 9.61. The van der Waals surface area contributed by atoms with E-state index in [0.717, 1.165) is 54.7 Å². The van der Waals surface area contributed by atoms with Crippen LogP contribution in [0.4, 0.5) is 10.1 Å². The molecule has 141 valence electrons. The van der Waals surface area contributed by atoms with Gasteiger partial charge in [0.25, 0.3) is 0 Å². The Kier molecular flexibility index (Phi) is 5.01. The number of anilines is 1. The second-order valence-electron chi connectivity index (χ2n) is 7.14. The first-order chi connectivity index (χ1) is 13.2. The molecular weight excluding hydrogens is 343 g/mol. The maximum atomic E-state index is 13.4. The lowest BCUT2D eigenvalue weighted by Gasteiger charge is -2.34. The van der Waals surface area contributed by atoms with E-state index >= 15 is 0 Å². The molecule has 1 aliphatic heterocycles. The van der Waals surface area contributed by atoms with Gasteiger partial charge in [-0.2, -0.15) is 0 Å². The smallest absolute Gasteiger partial charge is 0.170 e. The standard InChI is InChI=1S/C22H24FN2O2/c1-3-13-26-20-6-4-5-19(15(20)2)25-11-9-16(10-12-25)22-18-8-7-17(23)14-21(18)27-24-22/h4-5,7-8,14,16H,3,9-13H2,1-2H3. The lowest BCUT2D eigenvalue weighted by atomic mass is 9.91. The Labute approximate surface area is 158 Å². The number of ether oxygens (including phenoxy) is 1. The van der Waals surface area contributed by atoms with Crippen molar-refractivity contribution in [2.75, 3.05) is 24.6 Å². The highest BCUT2D eigenvalue weighted by atomic mass is 19.1. The maximum Gasteiger partial charge on any atom is 0.170 e. The summed E-state index contributed by atoms with van der Waals surface area (Å²) >= 11 is 0. The topological polar surface area (TPSA) is 38.5 Å². The van der Waals surface area contributed by atoms with Gasteiger partial charge in [-0.05, 0) is 50.5 Å². The maximum absolute atomic E-state index is 13.4. The first kappa shape index (κ1) is 17.8. The van der Waals surface area contributed by atoms with Gasteiger partial charge in [0, 0.05) is 47.8 Å². The average molecular weight is 367 g/mol. The second kappa shape index (κ2) is 7.59. The molecule has 4 nitrogen and oxygen atoms in total. The third-order valence-electron chi connectivity index (χ3n) is 5.32. The molecule has 1 aromatic heterocycles. The van der Waals surface area contributed by atoms with Crippen LogP contribution in [0.2, 0.25) is 0 Å². The molecular formula is C22H24FN2O2. The summed E-state index contributed by atoms with van der Waals surface area (Å²) in [5.41, 5.74) is 3.84.